The number of unbranched alkanes of at least 4 members (excludes halogenated alkanes) is 1. The Bertz CT molecular complexity index is 240. The van der Waals surface area contributed by atoms with Crippen LogP contribution in [0.5, 0.6) is 0 Å². The van der Waals surface area contributed by atoms with Crippen molar-refractivity contribution in [2.24, 2.45) is 0 Å². The molecule has 2 atom stereocenters. The van der Waals surface area contributed by atoms with Gasteiger partial charge in [0.05, 0.1) is 6.04 Å². The molecule has 0 radical (unpaired) electrons. The molecule has 0 saturated carbocycles. The van der Waals surface area contributed by atoms with Crippen molar-refractivity contribution < 1.29 is 9.59 Å². The van der Waals surface area contributed by atoms with Gasteiger partial charge in [-0.1, -0.05) is 26.7 Å². The maximum atomic E-state index is 11.8. The van der Waals surface area contributed by atoms with E-state index in [1.165, 1.54) is 0 Å². The summed E-state index contributed by atoms with van der Waals surface area (Å²) in [5, 5.41) is 8.30. The summed E-state index contributed by atoms with van der Waals surface area (Å²) in [7, 11) is 3.33. The fourth-order valence-electron chi connectivity index (χ4n) is 1.64. The molecule has 0 aromatic rings. The first-order valence-electron chi connectivity index (χ1n) is 6.29. The Balaban J connectivity index is 4.40. The van der Waals surface area contributed by atoms with Crippen molar-refractivity contribution in [2.45, 2.75) is 51.6 Å². The van der Waals surface area contributed by atoms with Gasteiger partial charge in [-0.3, -0.25) is 9.59 Å². The molecule has 100 valence electrons. The lowest BCUT2D eigenvalue weighted by Crippen LogP contribution is -2.51. The molecule has 0 fully saturated rings. The molecule has 0 aliphatic rings. The highest BCUT2D eigenvalue weighted by molar-refractivity contribution is 5.89. The first kappa shape index (κ1) is 15.9. The molecule has 2 unspecified atom stereocenters. The summed E-state index contributed by atoms with van der Waals surface area (Å²) < 4.78 is 0. The maximum absolute atomic E-state index is 11.8. The van der Waals surface area contributed by atoms with Gasteiger partial charge in [-0.25, -0.2) is 0 Å². The third-order valence-corrected chi connectivity index (χ3v) is 2.80. The highest BCUT2D eigenvalue weighted by Crippen LogP contribution is 2.02. The summed E-state index contributed by atoms with van der Waals surface area (Å²) >= 11 is 0. The normalized spacial score (nSPS) is 13.9. The summed E-state index contributed by atoms with van der Waals surface area (Å²) in [4.78, 5) is 23.5. The predicted molar refractivity (Wildman–Crippen MR) is 68.7 cm³/mol. The van der Waals surface area contributed by atoms with Gasteiger partial charge >= 0.3 is 0 Å². The number of amides is 2. The van der Waals surface area contributed by atoms with Gasteiger partial charge in [-0.2, -0.15) is 0 Å². The van der Waals surface area contributed by atoms with Crippen molar-refractivity contribution in [2.75, 3.05) is 14.1 Å². The molecule has 0 aromatic carbocycles. The third-order valence-electron chi connectivity index (χ3n) is 2.80. The second-order valence-electron chi connectivity index (χ2n) is 4.07. The van der Waals surface area contributed by atoms with Crippen molar-refractivity contribution in [3.63, 3.8) is 0 Å². The zero-order valence-corrected chi connectivity index (χ0v) is 11.3. The molecule has 0 aromatic heterocycles. The van der Waals surface area contributed by atoms with Gasteiger partial charge in [0.15, 0.2) is 0 Å². The van der Waals surface area contributed by atoms with Gasteiger partial charge in [0.25, 0.3) is 0 Å². The average molecular weight is 243 g/mol. The van der Waals surface area contributed by atoms with Crippen molar-refractivity contribution >= 4 is 11.8 Å². The first-order chi connectivity index (χ1) is 8.10. The number of nitrogens with one attached hydrogen (secondary N) is 3. The van der Waals surface area contributed by atoms with Gasteiger partial charge in [-0.05, 0) is 19.9 Å². The highest BCUT2D eigenvalue weighted by Gasteiger charge is 2.22. The van der Waals surface area contributed by atoms with Gasteiger partial charge in [-0.15, -0.1) is 0 Å². The van der Waals surface area contributed by atoms with Crippen LogP contribution in [0.1, 0.15) is 39.5 Å². The van der Waals surface area contributed by atoms with Crippen LogP contribution in [0.25, 0.3) is 0 Å². The molecule has 5 heteroatoms. The molecule has 0 aliphatic heterocycles. The Morgan fingerprint density at radius 2 is 1.71 bits per heavy atom. The minimum atomic E-state index is -0.421. The van der Waals surface area contributed by atoms with Crippen LogP contribution in [0, 0.1) is 0 Å². The van der Waals surface area contributed by atoms with Gasteiger partial charge in [0.2, 0.25) is 11.8 Å². The monoisotopic (exact) mass is 243 g/mol. The number of hydrogen-bond donors (Lipinski definition) is 3. The molecule has 5 nitrogen and oxygen atoms in total. The topological polar surface area (TPSA) is 70.2 Å². The molecular formula is C12H25N3O2. The summed E-state index contributed by atoms with van der Waals surface area (Å²) in [5.41, 5.74) is 0. The number of rotatable bonds is 8. The van der Waals surface area contributed by atoms with Gasteiger partial charge < -0.3 is 16.0 Å². The molecular weight excluding hydrogens is 218 g/mol. The lowest BCUT2D eigenvalue weighted by atomic mass is 10.1. The van der Waals surface area contributed by atoms with Crippen molar-refractivity contribution in [3.8, 4) is 0 Å². The number of likely N-dealkylation sites (N-methyl/N-ethyl adjacent to an activating group) is 2. The van der Waals surface area contributed by atoms with E-state index in [0.717, 1.165) is 12.8 Å². The van der Waals surface area contributed by atoms with E-state index in [1.807, 2.05) is 6.92 Å². The van der Waals surface area contributed by atoms with Crippen LogP contribution in [0.15, 0.2) is 0 Å². The van der Waals surface area contributed by atoms with E-state index >= 15 is 0 Å². The van der Waals surface area contributed by atoms with E-state index in [-0.39, 0.29) is 17.9 Å². The second kappa shape index (κ2) is 8.98. The fourth-order valence-corrected chi connectivity index (χ4v) is 1.64. The van der Waals surface area contributed by atoms with E-state index in [0.29, 0.717) is 12.8 Å². The molecule has 0 saturated heterocycles. The zero-order chi connectivity index (χ0) is 13.3. The van der Waals surface area contributed by atoms with Crippen LogP contribution in [0.2, 0.25) is 0 Å². The van der Waals surface area contributed by atoms with Crippen LogP contribution in [0.3, 0.4) is 0 Å². The average Bonchev–Trinajstić information content (AvgIpc) is 2.34. The maximum Gasteiger partial charge on any atom is 0.242 e. The number of carbonyl (C=O) groups is 2. The van der Waals surface area contributed by atoms with Crippen LogP contribution >= 0.6 is 0 Å². The Hall–Kier alpha value is -1.10. The van der Waals surface area contributed by atoms with Crippen molar-refractivity contribution in [3.05, 3.63) is 0 Å². The Morgan fingerprint density at radius 1 is 1.06 bits per heavy atom. The zero-order valence-electron chi connectivity index (χ0n) is 11.3. The van der Waals surface area contributed by atoms with Crippen molar-refractivity contribution in [1.29, 1.82) is 0 Å². The van der Waals surface area contributed by atoms with Crippen molar-refractivity contribution in [1.82, 2.24) is 16.0 Å². The van der Waals surface area contributed by atoms with E-state index < -0.39 is 6.04 Å². The Labute approximate surface area is 104 Å². The molecule has 0 bridgehead atoms. The molecule has 0 rings (SSSR count). The molecule has 0 spiro atoms. The Kier molecular flexibility index (Phi) is 8.40. The summed E-state index contributed by atoms with van der Waals surface area (Å²) in [6.07, 6.45) is 3.32. The second-order valence-corrected chi connectivity index (χ2v) is 4.07. The smallest absolute Gasteiger partial charge is 0.242 e. The molecule has 17 heavy (non-hydrogen) atoms. The highest BCUT2D eigenvalue weighted by atomic mass is 16.2. The standard InChI is InChI=1S/C12H25N3O2/c1-5-7-8-10(11(16)14-4)15-12(17)9(6-2)13-3/h9-10,13H,5-8H2,1-4H3,(H,14,16)(H,15,17). The van der Waals surface area contributed by atoms with Crippen LogP contribution in [0.4, 0.5) is 0 Å². The molecule has 0 aliphatic carbocycles. The SMILES string of the molecule is CCCCC(NC(=O)C(CC)NC)C(=O)NC. The van der Waals surface area contributed by atoms with E-state index in [9.17, 15) is 9.59 Å². The van der Waals surface area contributed by atoms with Crippen LogP contribution in [-0.4, -0.2) is 38.0 Å². The van der Waals surface area contributed by atoms with Crippen LogP contribution < -0.4 is 16.0 Å². The van der Waals surface area contributed by atoms with E-state index in [2.05, 4.69) is 22.9 Å². The van der Waals surface area contributed by atoms with E-state index in [1.54, 1.807) is 14.1 Å². The van der Waals surface area contributed by atoms with Gasteiger partial charge in [0.1, 0.15) is 6.04 Å². The Morgan fingerprint density at radius 3 is 2.12 bits per heavy atom. The molecule has 3 N–H and O–H groups in total. The minimum absolute atomic E-state index is 0.111. The lowest BCUT2D eigenvalue weighted by molar-refractivity contribution is -0.130. The summed E-state index contributed by atoms with van der Waals surface area (Å²) in [6, 6.07) is -0.654. The third kappa shape index (κ3) is 5.68. The fraction of sp³-hybridized carbons (Fsp3) is 0.833. The molecule has 2 amide bonds. The first-order valence-corrected chi connectivity index (χ1v) is 6.29. The summed E-state index contributed by atoms with van der Waals surface area (Å²) in [5.74, 6) is -0.238. The quantitative estimate of drug-likeness (QED) is 0.578. The molecule has 0 heterocycles. The number of carbonyl (C=O) groups excluding carboxylic acids is 2. The number of hydrogen-bond acceptors (Lipinski definition) is 3. The predicted octanol–water partition coefficient (Wildman–Crippen LogP) is 0.405. The van der Waals surface area contributed by atoms with E-state index in [4.69, 9.17) is 0 Å². The summed E-state index contributed by atoms with van der Waals surface area (Å²) in [6.45, 7) is 3.99. The largest absolute Gasteiger partial charge is 0.357 e. The van der Waals surface area contributed by atoms with Crippen LogP contribution in [-0.2, 0) is 9.59 Å². The minimum Gasteiger partial charge on any atom is -0.357 e. The van der Waals surface area contributed by atoms with Gasteiger partial charge in [0, 0.05) is 7.05 Å². The lowest BCUT2D eigenvalue weighted by Gasteiger charge is -2.20.